The molecular formula is C11H8Cl2N. The predicted octanol–water partition coefficient (Wildman–Crippen LogP) is 3.85. The Balaban J connectivity index is 2.36. The maximum Gasteiger partial charge on any atom is 0.129 e. The second kappa shape index (κ2) is 4.16. The van der Waals surface area contributed by atoms with Gasteiger partial charge in [0.1, 0.15) is 5.15 Å². The fourth-order valence-electron chi connectivity index (χ4n) is 1.31. The van der Waals surface area contributed by atoms with Crippen LogP contribution in [0.1, 0.15) is 12.1 Å². The minimum atomic E-state index is 0.502. The van der Waals surface area contributed by atoms with Gasteiger partial charge in [-0.3, -0.25) is 0 Å². The molecule has 0 amide bonds. The quantitative estimate of drug-likeness (QED) is 0.661. The average Bonchev–Trinajstić information content (AvgIpc) is 2.18. The van der Waals surface area contributed by atoms with Crippen molar-refractivity contribution >= 4 is 28.8 Å². The Morgan fingerprint density at radius 1 is 1.21 bits per heavy atom. The van der Waals surface area contributed by atoms with Crippen LogP contribution in [-0.4, -0.2) is 4.98 Å². The van der Waals surface area contributed by atoms with E-state index < -0.39 is 0 Å². The van der Waals surface area contributed by atoms with Crippen LogP contribution in [-0.2, 0) is 0 Å². The molecule has 0 fully saturated rings. The van der Waals surface area contributed by atoms with Crippen LogP contribution in [0.4, 0.5) is 0 Å². The van der Waals surface area contributed by atoms with E-state index in [2.05, 4.69) is 11.4 Å². The van der Waals surface area contributed by atoms with E-state index in [-0.39, 0.29) is 0 Å². The maximum absolute atomic E-state index is 5.91. The minimum absolute atomic E-state index is 0.502. The van der Waals surface area contributed by atoms with Crippen LogP contribution in [0.5, 0.6) is 0 Å². The average molecular weight is 225 g/mol. The van der Waals surface area contributed by atoms with Gasteiger partial charge in [0.2, 0.25) is 0 Å². The first-order valence-corrected chi connectivity index (χ1v) is 5.05. The number of halogens is 2. The van der Waals surface area contributed by atoms with Crippen LogP contribution >= 0.6 is 23.2 Å². The van der Waals surface area contributed by atoms with E-state index in [9.17, 15) is 0 Å². The summed E-state index contributed by atoms with van der Waals surface area (Å²) in [5.74, 6) is 0. The fourth-order valence-corrected chi connectivity index (χ4v) is 1.68. The molecule has 1 heterocycles. The van der Waals surface area contributed by atoms with Crippen molar-refractivity contribution in [3.63, 3.8) is 0 Å². The van der Waals surface area contributed by atoms with Crippen LogP contribution in [0.3, 0.4) is 0 Å². The Bertz CT molecular complexity index is 408. The van der Waals surface area contributed by atoms with Gasteiger partial charge < -0.3 is 0 Å². The molecule has 1 nitrogen and oxygen atoms in total. The van der Waals surface area contributed by atoms with Crippen molar-refractivity contribution in [2.45, 2.75) is 6.42 Å². The van der Waals surface area contributed by atoms with Gasteiger partial charge in [-0.2, -0.15) is 0 Å². The second-order valence-electron chi connectivity index (χ2n) is 2.97. The third-order valence-electron chi connectivity index (χ3n) is 1.95. The first-order valence-electron chi connectivity index (χ1n) is 4.29. The topological polar surface area (TPSA) is 12.9 Å². The molecule has 71 valence electrons. The highest BCUT2D eigenvalue weighted by Crippen LogP contribution is 2.26. The highest BCUT2D eigenvalue weighted by atomic mass is 35.5. The number of allylic oxidation sites excluding steroid dienone is 4. The van der Waals surface area contributed by atoms with E-state index in [1.807, 2.05) is 24.3 Å². The van der Waals surface area contributed by atoms with Crippen LogP contribution in [0.25, 0.3) is 5.57 Å². The molecule has 1 aliphatic rings. The largest absolute Gasteiger partial charge is 0.236 e. The molecule has 3 heteroatoms. The van der Waals surface area contributed by atoms with Gasteiger partial charge in [0.15, 0.2) is 0 Å². The predicted molar refractivity (Wildman–Crippen MR) is 60.1 cm³/mol. The molecule has 0 aliphatic heterocycles. The summed E-state index contributed by atoms with van der Waals surface area (Å²) >= 11 is 11.7. The lowest BCUT2D eigenvalue weighted by Gasteiger charge is -2.09. The Morgan fingerprint density at radius 2 is 2.07 bits per heavy atom. The molecule has 0 bridgehead atoms. The van der Waals surface area contributed by atoms with E-state index in [0.717, 1.165) is 22.7 Å². The van der Waals surface area contributed by atoms with Crippen molar-refractivity contribution in [2.24, 2.45) is 0 Å². The molecule has 0 N–H and O–H groups in total. The van der Waals surface area contributed by atoms with Gasteiger partial charge >= 0.3 is 0 Å². The van der Waals surface area contributed by atoms with E-state index in [1.165, 1.54) is 0 Å². The number of aromatic nitrogens is 1. The Kier molecular flexibility index (Phi) is 2.90. The molecule has 0 unspecified atom stereocenters. The lowest BCUT2D eigenvalue weighted by molar-refractivity contribution is 1.21. The molecule has 1 aliphatic carbocycles. The van der Waals surface area contributed by atoms with Crippen molar-refractivity contribution < 1.29 is 0 Å². The highest BCUT2D eigenvalue weighted by Gasteiger charge is 2.08. The number of pyridine rings is 1. The number of hydrogen-bond donors (Lipinski definition) is 0. The lowest BCUT2D eigenvalue weighted by atomic mass is 10.0. The molecule has 1 aromatic heterocycles. The van der Waals surface area contributed by atoms with E-state index in [0.29, 0.717) is 5.15 Å². The zero-order chi connectivity index (χ0) is 9.97. The molecule has 1 radical (unpaired) electrons. The van der Waals surface area contributed by atoms with Gasteiger partial charge in [0.25, 0.3) is 0 Å². The highest BCUT2D eigenvalue weighted by molar-refractivity contribution is 6.32. The third kappa shape index (κ3) is 2.17. The zero-order valence-electron chi connectivity index (χ0n) is 7.37. The number of nitrogens with zero attached hydrogens (tertiary/aromatic N) is 1. The van der Waals surface area contributed by atoms with E-state index >= 15 is 0 Å². The van der Waals surface area contributed by atoms with Gasteiger partial charge in [-0.05, 0) is 36.6 Å². The van der Waals surface area contributed by atoms with Crippen LogP contribution in [0.15, 0.2) is 35.4 Å². The summed E-state index contributed by atoms with van der Waals surface area (Å²) in [6, 6.07) is 5.56. The smallest absolute Gasteiger partial charge is 0.129 e. The third-order valence-corrected chi connectivity index (χ3v) is 2.43. The first kappa shape index (κ1) is 9.75. The van der Waals surface area contributed by atoms with Crippen molar-refractivity contribution in [1.82, 2.24) is 4.98 Å². The molecule has 0 aromatic carbocycles. The van der Waals surface area contributed by atoms with Crippen molar-refractivity contribution in [2.75, 3.05) is 0 Å². The molecule has 14 heavy (non-hydrogen) atoms. The molecule has 0 atom stereocenters. The second-order valence-corrected chi connectivity index (χ2v) is 3.80. The van der Waals surface area contributed by atoms with Crippen molar-refractivity contribution in [3.05, 3.63) is 52.7 Å². The van der Waals surface area contributed by atoms with Crippen LogP contribution in [0, 0.1) is 6.42 Å². The van der Waals surface area contributed by atoms with Gasteiger partial charge in [-0.25, -0.2) is 4.98 Å². The molecule has 0 saturated heterocycles. The maximum atomic E-state index is 5.91. The molecular weight excluding hydrogens is 217 g/mol. The summed E-state index contributed by atoms with van der Waals surface area (Å²) in [6.45, 7) is 0. The van der Waals surface area contributed by atoms with E-state index in [1.54, 1.807) is 6.07 Å². The van der Waals surface area contributed by atoms with Gasteiger partial charge in [0, 0.05) is 5.03 Å². The normalized spacial score (nSPS) is 16.1. The van der Waals surface area contributed by atoms with E-state index in [4.69, 9.17) is 23.2 Å². The van der Waals surface area contributed by atoms with Crippen LogP contribution in [0.2, 0.25) is 5.15 Å². The summed E-state index contributed by atoms with van der Waals surface area (Å²) in [5.41, 5.74) is 1.89. The zero-order valence-corrected chi connectivity index (χ0v) is 8.89. The molecule has 2 rings (SSSR count). The molecule has 0 saturated carbocycles. The standard InChI is InChI=1S/C11H8Cl2N/c12-9-4-1-3-8(7-9)10-5-2-6-11(13)14-10/h2-7H,1H2. The van der Waals surface area contributed by atoms with Crippen molar-refractivity contribution in [1.29, 1.82) is 0 Å². The molecule has 1 aromatic rings. The van der Waals surface area contributed by atoms with Gasteiger partial charge in [-0.15, -0.1) is 0 Å². The Hall–Kier alpha value is -0.790. The van der Waals surface area contributed by atoms with Gasteiger partial charge in [0.05, 0.1) is 5.69 Å². The van der Waals surface area contributed by atoms with Crippen LogP contribution < -0.4 is 0 Å². The van der Waals surface area contributed by atoms with Crippen molar-refractivity contribution in [3.8, 4) is 0 Å². The van der Waals surface area contributed by atoms with Gasteiger partial charge in [-0.1, -0.05) is 35.3 Å². The summed E-state index contributed by atoms with van der Waals surface area (Å²) < 4.78 is 0. The first-order chi connectivity index (χ1) is 6.75. The summed E-state index contributed by atoms with van der Waals surface area (Å²) in [4.78, 5) is 4.21. The monoisotopic (exact) mass is 224 g/mol. The number of hydrogen-bond acceptors (Lipinski definition) is 1. The number of rotatable bonds is 1. The Morgan fingerprint density at radius 3 is 2.79 bits per heavy atom. The summed E-state index contributed by atoms with van der Waals surface area (Å²) in [6.07, 6.45) is 6.77. The minimum Gasteiger partial charge on any atom is -0.236 e. The lowest BCUT2D eigenvalue weighted by Crippen LogP contribution is -1.93. The Labute approximate surface area is 93.1 Å². The SMILES string of the molecule is ClC1=CC[CH]C(c2cccc(Cl)n2)=C1. The molecule has 0 spiro atoms. The summed E-state index contributed by atoms with van der Waals surface area (Å²) in [7, 11) is 0. The summed E-state index contributed by atoms with van der Waals surface area (Å²) in [5, 5.41) is 1.26. The fraction of sp³-hybridized carbons (Fsp3) is 0.0909.